The van der Waals surface area contributed by atoms with Crippen molar-refractivity contribution in [3.8, 4) is 0 Å². The highest BCUT2D eigenvalue weighted by Gasteiger charge is 2.24. The molecule has 1 saturated carbocycles. The Kier molecular flexibility index (Phi) is 11.0. The summed E-state index contributed by atoms with van der Waals surface area (Å²) in [5, 5.41) is 9.01. The van der Waals surface area contributed by atoms with E-state index < -0.39 is 0 Å². The highest BCUT2D eigenvalue weighted by atomic mass is 127. The number of nitrogens with one attached hydrogen (secondary N) is 2. The molecule has 0 aromatic carbocycles. The van der Waals surface area contributed by atoms with E-state index in [2.05, 4.69) is 40.0 Å². The summed E-state index contributed by atoms with van der Waals surface area (Å²) in [6.45, 7) is 8.91. The third-order valence-corrected chi connectivity index (χ3v) is 6.00. The molecule has 1 aromatic rings. The number of ether oxygens (including phenoxy) is 1. The zero-order chi connectivity index (χ0) is 18.0. The van der Waals surface area contributed by atoms with E-state index in [1.807, 2.05) is 11.3 Å². The number of nitrogens with zero attached hydrogens (tertiary/aromatic N) is 2. The fraction of sp³-hybridized carbons (Fsp3) is 0.750. The fourth-order valence-corrected chi connectivity index (χ4v) is 4.21. The number of likely N-dealkylation sites (tertiary alicyclic amines) is 1. The zero-order valence-electron chi connectivity index (χ0n) is 16.5. The number of hydrogen-bond donors (Lipinski definition) is 2. The maximum atomic E-state index is 5.71. The monoisotopic (exact) mass is 506 g/mol. The van der Waals surface area contributed by atoms with Crippen LogP contribution >= 0.6 is 35.3 Å². The van der Waals surface area contributed by atoms with Crippen molar-refractivity contribution in [2.45, 2.75) is 45.1 Å². The van der Waals surface area contributed by atoms with Crippen molar-refractivity contribution in [2.24, 2.45) is 10.9 Å². The first kappa shape index (κ1) is 22.9. The first-order valence-corrected chi connectivity index (χ1v) is 11.1. The Morgan fingerprint density at radius 3 is 2.81 bits per heavy atom. The molecule has 0 radical (unpaired) electrons. The van der Waals surface area contributed by atoms with Crippen LogP contribution in [0.2, 0.25) is 0 Å². The summed E-state index contributed by atoms with van der Waals surface area (Å²) < 4.78 is 5.71. The summed E-state index contributed by atoms with van der Waals surface area (Å²) in [6, 6.07) is 4.81. The van der Waals surface area contributed by atoms with E-state index in [-0.39, 0.29) is 24.0 Å². The summed E-state index contributed by atoms with van der Waals surface area (Å²) in [6.07, 6.45) is 6.36. The predicted octanol–water partition coefficient (Wildman–Crippen LogP) is 3.87. The van der Waals surface area contributed by atoms with Crippen LogP contribution in [-0.4, -0.2) is 56.8 Å². The lowest BCUT2D eigenvalue weighted by atomic mass is 10.2. The van der Waals surface area contributed by atoms with E-state index in [1.165, 1.54) is 43.6 Å². The molecule has 3 rings (SSSR count). The quantitative estimate of drug-likeness (QED) is 0.207. The van der Waals surface area contributed by atoms with Gasteiger partial charge in [0, 0.05) is 31.2 Å². The van der Waals surface area contributed by atoms with Gasteiger partial charge in [-0.1, -0.05) is 6.07 Å². The Morgan fingerprint density at radius 1 is 1.33 bits per heavy atom. The molecule has 1 aliphatic heterocycles. The Balaban J connectivity index is 0.00000261. The van der Waals surface area contributed by atoms with Gasteiger partial charge < -0.3 is 15.4 Å². The van der Waals surface area contributed by atoms with Gasteiger partial charge in [0.2, 0.25) is 0 Å². The summed E-state index contributed by atoms with van der Waals surface area (Å²) in [7, 11) is 0. The lowest BCUT2D eigenvalue weighted by Gasteiger charge is -2.25. The van der Waals surface area contributed by atoms with E-state index in [9.17, 15) is 0 Å². The fourth-order valence-electron chi connectivity index (χ4n) is 3.35. The minimum Gasteiger partial charge on any atom is -0.381 e. The largest absolute Gasteiger partial charge is 0.381 e. The van der Waals surface area contributed by atoms with Crippen molar-refractivity contribution in [2.75, 3.05) is 45.9 Å². The number of guanidine groups is 1. The van der Waals surface area contributed by atoms with Gasteiger partial charge in [0.05, 0.1) is 12.6 Å². The van der Waals surface area contributed by atoms with Crippen LogP contribution in [-0.2, 0) is 4.74 Å². The van der Waals surface area contributed by atoms with Gasteiger partial charge in [-0.05, 0) is 69.5 Å². The van der Waals surface area contributed by atoms with Crippen LogP contribution in [0.1, 0.15) is 49.9 Å². The summed E-state index contributed by atoms with van der Waals surface area (Å²) in [5.74, 6) is 1.78. The van der Waals surface area contributed by atoms with Crippen LogP contribution < -0.4 is 10.6 Å². The van der Waals surface area contributed by atoms with Crippen LogP contribution in [0.4, 0.5) is 0 Å². The van der Waals surface area contributed by atoms with E-state index in [0.717, 1.165) is 51.1 Å². The Hall–Kier alpha value is -0.380. The molecule has 2 heterocycles. The summed E-state index contributed by atoms with van der Waals surface area (Å²) in [4.78, 5) is 8.91. The lowest BCUT2D eigenvalue weighted by molar-refractivity contribution is 0.123. The molecule has 7 heteroatoms. The summed E-state index contributed by atoms with van der Waals surface area (Å²) >= 11 is 1.85. The lowest BCUT2D eigenvalue weighted by Crippen LogP contribution is -2.39. The first-order valence-electron chi connectivity index (χ1n) is 10.2. The molecule has 1 aliphatic carbocycles. The number of rotatable bonds is 11. The standard InChI is InChI=1S/C20H34N4OS.HI/c1-2-21-20(22-10-6-13-25-16-17-8-9-17)23-15-18(19-7-5-14-26-19)24-11-3-4-12-24;/h5,7,14,17-18H,2-4,6,8-13,15-16H2,1H3,(H2,21,22,23);1H. The van der Waals surface area contributed by atoms with Gasteiger partial charge in [-0.3, -0.25) is 9.89 Å². The van der Waals surface area contributed by atoms with Gasteiger partial charge in [0.15, 0.2) is 5.96 Å². The Bertz CT molecular complexity index is 530. The molecular formula is C20H35IN4OS. The summed E-state index contributed by atoms with van der Waals surface area (Å²) in [5.41, 5.74) is 0. The van der Waals surface area contributed by atoms with E-state index >= 15 is 0 Å². The second-order valence-corrected chi connectivity index (χ2v) is 8.27. The minimum atomic E-state index is 0. The molecule has 0 amide bonds. The zero-order valence-corrected chi connectivity index (χ0v) is 19.6. The maximum Gasteiger partial charge on any atom is 0.191 e. The molecule has 2 N–H and O–H groups in total. The molecule has 1 saturated heterocycles. The van der Waals surface area contributed by atoms with Crippen LogP contribution in [0.5, 0.6) is 0 Å². The number of aliphatic imine (C=N–C) groups is 1. The average Bonchev–Trinajstić information content (AvgIpc) is 3.11. The van der Waals surface area contributed by atoms with Gasteiger partial charge >= 0.3 is 0 Å². The molecule has 0 spiro atoms. The van der Waals surface area contributed by atoms with Crippen molar-refractivity contribution in [1.82, 2.24) is 15.5 Å². The molecule has 1 unspecified atom stereocenters. The molecule has 1 atom stereocenters. The average molecular weight is 506 g/mol. The SMILES string of the molecule is CCNC(=NCC(c1cccs1)N1CCCC1)NCCCOCC1CC1.I. The normalized spacial score (nSPS) is 18.9. The van der Waals surface area contributed by atoms with Gasteiger partial charge in [0.25, 0.3) is 0 Å². The van der Waals surface area contributed by atoms with Crippen molar-refractivity contribution in [3.63, 3.8) is 0 Å². The van der Waals surface area contributed by atoms with E-state index in [4.69, 9.17) is 9.73 Å². The first-order chi connectivity index (χ1) is 12.9. The molecule has 2 aliphatic rings. The molecule has 2 fully saturated rings. The van der Waals surface area contributed by atoms with Gasteiger partial charge in [-0.2, -0.15) is 0 Å². The minimum absolute atomic E-state index is 0. The number of hydrogen-bond acceptors (Lipinski definition) is 4. The highest BCUT2D eigenvalue weighted by molar-refractivity contribution is 14.0. The van der Waals surface area contributed by atoms with Gasteiger partial charge in [-0.15, -0.1) is 35.3 Å². The van der Waals surface area contributed by atoms with Crippen molar-refractivity contribution in [3.05, 3.63) is 22.4 Å². The molecule has 5 nitrogen and oxygen atoms in total. The number of thiophene rings is 1. The smallest absolute Gasteiger partial charge is 0.191 e. The van der Waals surface area contributed by atoms with Crippen molar-refractivity contribution in [1.29, 1.82) is 0 Å². The topological polar surface area (TPSA) is 48.9 Å². The molecule has 27 heavy (non-hydrogen) atoms. The van der Waals surface area contributed by atoms with Crippen molar-refractivity contribution >= 4 is 41.3 Å². The van der Waals surface area contributed by atoms with Crippen LogP contribution in [0.15, 0.2) is 22.5 Å². The predicted molar refractivity (Wildman–Crippen MR) is 125 cm³/mol. The van der Waals surface area contributed by atoms with Crippen molar-refractivity contribution < 1.29 is 4.74 Å². The maximum absolute atomic E-state index is 5.71. The van der Waals surface area contributed by atoms with Crippen LogP contribution in [0.25, 0.3) is 0 Å². The van der Waals surface area contributed by atoms with E-state index in [0.29, 0.717) is 6.04 Å². The third kappa shape index (κ3) is 8.25. The Morgan fingerprint density at radius 2 is 2.15 bits per heavy atom. The third-order valence-electron chi connectivity index (χ3n) is 5.03. The molecule has 0 bridgehead atoms. The van der Waals surface area contributed by atoms with Gasteiger partial charge in [0.1, 0.15) is 0 Å². The van der Waals surface area contributed by atoms with Crippen LogP contribution in [0.3, 0.4) is 0 Å². The van der Waals surface area contributed by atoms with Gasteiger partial charge in [-0.25, -0.2) is 0 Å². The Labute approximate surface area is 185 Å². The molecular weight excluding hydrogens is 471 g/mol. The second-order valence-electron chi connectivity index (χ2n) is 7.29. The number of halogens is 1. The molecule has 154 valence electrons. The second kappa shape index (κ2) is 13.0. The van der Waals surface area contributed by atoms with Crippen LogP contribution in [0, 0.1) is 5.92 Å². The highest BCUT2D eigenvalue weighted by Crippen LogP contribution is 2.29. The van der Waals surface area contributed by atoms with E-state index in [1.54, 1.807) is 0 Å². The molecule has 1 aromatic heterocycles.